The number of aromatic amines is 1. The molecule has 6 heteroatoms. The summed E-state index contributed by atoms with van der Waals surface area (Å²) in [5.74, 6) is 0.839. The molecule has 0 aliphatic carbocycles. The van der Waals surface area contributed by atoms with Gasteiger partial charge in [-0.1, -0.05) is 6.42 Å². The molecular formula is C10H19N5O. The van der Waals surface area contributed by atoms with E-state index in [4.69, 9.17) is 5.73 Å². The van der Waals surface area contributed by atoms with Crippen LogP contribution in [0.25, 0.3) is 0 Å². The molecule has 0 unspecified atom stereocenters. The van der Waals surface area contributed by atoms with Crippen molar-refractivity contribution in [2.75, 3.05) is 13.6 Å². The number of unbranched alkanes of at least 4 members (excludes halogenated alkanes) is 2. The number of hydrogen-bond acceptors (Lipinski definition) is 4. The minimum Gasteiger partial charge on any atom is -0.338 e. The highest BCUT2D eigenvalue weighted by Crippen LogP contribution is 2.03. The number of nitrogens with two attached hydrogens (primary N) is 1. The topological polar surface area (TPSA) is 87.9 Å². The van der Waals surface area contributed by atoms with Gasteiger partial charge in [-0.15, -0.1) is 0 Å². The van der Waals surface area contributed by atoms with Crippen LogP contribution in [0.5, 0.6) is 0 Å². The van der Waals surface area contributed by atoms with Gasteiger partial charge in [-0.25, -0.2) is 4.98 Å². The summed E-state index contributed by atoms with van der Waals surface area (Å²) >= 11 is 0. The van der Waals surface area contributed by atoms with Crippen molar-refractivity contribution in [1.29, 1.82) is 0 Å². The molecule has 16 heavy (non-hydrogen) atoms. The quantitative estimate of drug-likeness (QED) is 0.652. The van der Waals surface area contributed by atoms with Crippen LogP contribution in [-0.2, 0) is 11.3 Å². The van der Waals surface area contributed by atoms with Crippen LogP contribution in [0.2, 0.25) is 0 Å². The molecule has 1 rings (SSSR count). The Bertz CT molecular complexity index is 298. The monoisotopic (exact) mass is 225 g/mol. The molecule has 90 valence electrons. The summed E-state index contributed by atoms with van der Waals surface area (Å²) < 4.78 is 0. The van der Waals surface area contributed by atoms with E-state index in [0.29, 0.717) is 25.3 Å². The standard InChI is InChI=1S/C10H19N5O/c1-15(7-9-12-8-13-14-9)10(16)5-3-2-4-6-11/h8H,2-7,11H2,1H3,(H,12,13,14). The van der Waals surface area contributed by atoms with Crippen LogP contribution in [0.1, 0.15) is 31.5 Å². The van der Waals surface area contributed by atoms with Gasteiger partial charge >= 0.3 is 0 Å². The first kappa shape index (κ1) is 12.6. The Balaban J connectivity index is 2.20. The van der Waals surface area contributed by atoms with Crippen LogP contribution in [0, 0.1) is 0 Å². The van der Waals surface area contributed by atoms with Crippen molar-refractivity contribution >= 4 is 5.91 Å². The molecule has 0 radical (unpaired) electrons. The van der Waals surface area contributed by atoms with Gasteiger partial charge in [0.2, 0.25) is 5.91 Å². The third-order valence-electron chi connectivity index (χ3n) is 2.37. The first-order chi connectivity index (χ1) is 7.74. The van der Waals surface area contributed by atoms with Gasteiger partial charge in [-0.2, -0.15) is 5.10 Å². The largest absolute Gasteiger partial charge is 0.338 e. The number of rotatable bonds is 7. The number of nitrogens with one attached hydrogen (secondary N) is 1. The zero-order chi connectivity index (χ0) is 11.8. The molecule has 0 atom stereocenters. The zero-order valence-corrected chi connectivity index (χ0v) is 9.65. The molecule has 0 saturated carbocycles. The highest BCUT2D eigenvalue weighted by molar-refractivity contribution is 5.75. The second kappa shape index (κ2) is 6.95. The fourth-order valence-corrected chi connectivity index (χ4v) is 1.41. The summed E-state index contributed by atoms with van der Waals surface area (Å²) in [5, 5.41) is 6.46. The van der Waals surface area contributed by atoms with Crippen molar-refractivity contribution in [2.45, 2.75) is 32.2 Å². The number of aromatic nitrogens is 3. The highest BCUT2D eigenvalue weighted by atomic mass is 16.2. The van der Waals surface area contributed by atoms with E-state index >= 15 is 0 Å². The minimum atomic E-state index is 0.133. The van der Waals surface area contributed by atoms with Crippen LogP contribution in [-0.4, -0.2) is 39.6 Å². The van der Waals surface area contributed by atoms with Crippen molar-refractivity contribution < 1.29 is 4.79 Å². The van der Waals surface area contributed by atoms with Crippen molar-refractivity contribution in [2.24, 2.45) is 5.73 Å². The van der Waals surface area contributed by atoms with Crippen molar-refractivity contribution in [3.63, 3.8) is 0 Å². The maximum absolute atomic E-state index is 11.7. The van der Waals surface area contributed by atoms with E-state index in [1.165, 1.54) is 6.33 Å². The average Bonchev–Trinajstić information content (AvgIpc) is 2.76. The summed E-state index contributed by atoms with van der Waals surface area (Å²) in [7, 11) is 1.77. The molecule has 3 N–H and O–H groups in total. The number of carbonyl (C=O) groups is 1. The van der Waals surface area contributed by atoms with Gasteiger partial charge in [0, 0.05) is 13.5 Å². The van der Waals surface area contributed by atoms with Gasteiger partial charge in [-0.3, -0.25) is 9.89 Å². The Morgan fingerprint density at radius 1 is 1.50 bits per heavy atom. The van der Waals surface area contributed by atoms with Crippen LogP contribution in [0.15, 0.2) is 6.33 Å². The Morgan fingerprint density at radius 3 is 2.94 bits per heavy atom. The van der Waals surface area contributed by atoms with E-state index in [1.54, 1.807) is 11.9 Å². The number of hydrogen-bond donors (Lipinski definition) is 2. The number of nitrogens with zero attached hydrogens (tertiary/aromatic N) is 3. The van der Waals surface area contributed by atoms with Gasteiger partial charge in [0.15, 0.2) is 0 Å². The van der Waals surface area contributed by atoms with Gasteiger partial charge in [0.1, 0.15) is 12.2 Å². The summed E-state index contributed by atoms with van der Waals surface area (Å²) in [6.07, 6.45) is 4.91. The molecule has 0 saturated heterocycles. The zero-order valence-electron chi connectivity index (χ0n) is 9.65. The Hall–Kier alpha value is -1.43. The molecule has 6 nitrogen and oxygen atoms in total. The van der Waals surface area contributed by atoms with E-state index in [1.807, 2.05) is 0 Å². The fourth-order valence-electron chi connectivity index (χ4n) is 1.41. The first-order valence-electron chi connectivity index (χ1n) is 5.52. The van der Waals surface area contributed by atoms with E-state index in [0.717, 1.165) is 19.3 Å². The SMILES string of the molecule is CN(Cc1ncn[nH]1)C(=O)CCCCCN. The maximum atomic E-state index is 11.7. The van der Waals surface area contributed by atoms with E-state index in [9.17, 15) is 4.79 Å². The lowest BCUT2D eigenvalue weighted by Gasteiger charge is -2.15. The van der Waals surface area contributed by atoms with Gasteiger partial charge in [0.25, 0.3) is 0 Å². The minimum absolute atomic E-state index is 0.133. The molecular weight excluding hydrogens is 206 g/mol. The molecule has 0 fully saturated rings. The Kier molecular flexibility index (Phi) is 5.49. The maximum Gasteiger partial charge on any atom is 0.222 e. The lowest BCUT2D eigenvalue weighted by atomic mass is 10.2. The molecule has 1 aromatic rings. The summed E-state index contributed by atoms with van der Waals surface area (Å²) in [5.41, 5.74) is 5.38. The predicted molar refractivity (Wildman–Crippen MR) is 60.4 cm³/mol. The fraction of sp³-hybridized carbons (Fsp3) is 0.700. The normalized spacial score (nSPS) is 10.4. The van der Waals surface area contributed by atoms with Crippen molar-refractivity contribution in [3.05, 3.63) is 12.2 Å². The number of carbonyl (C=O) groups excluding carboxylic acids is 1. The average molecular weight is 225 g/mol. The second-order valence-electron chi connectivity index (χ2n) is 3.78. The van der Waals surface area contributed by atoms with Gasteiger partial charge in [0.05, 0.1) is 6.54 Å². The highest BCUT2D eigenvalue weighted by Gasteiger charge is 2.09. The predicted octanol–water partition coefficient (Wildman–Crippen LogP) is 0.282. The molecule has 0 aliphatic rings. The van der Waals surface area contributed by atoms with Crippen molar-refractivity contribution in [1.82, 2.24) is 20.1 Å². The molecule has 0 bridgehead atoms. The summed E-state index contributed by atoms with van der Waals surface area (Å²) in [4.78, 5) is 17.3. The number of H-pyrrole nitrogens is 1. The second-order valence-corrected chi connectivity index (χ2v) is 3.78. The van der Waals surface area contributed by atoms with Crippen LogP contribution in [0.4, 0.5) is 0 Å². The summed E-state index contributed by atoms with van der Waals surface area (Å²) in [6, 6.07) is 0. The van der Waals surface area contributed by atoms with Crippen LogP contribution in [0.3, 0.4) is 0 Å². The van der Waals surface area contributed by atoms with Crippen LogP contribution < -0.4 is 5.73 Å². The van der Waals surface area contributed by atoms with E-state index in [2.05, 4.69) is 15.2 Å². The van der Waals surface area contributed by atoms with Gasteiger partial charge < -0.3 is 10.6 Å². The molecule has 0 spiro atoms. The Morgan fingerprint density at radius 2 is 2.31 bits per heavy atom. The molecule has 0 aliphatic heterocycles. The lowest BCUT2D eigenvalue weighted by molar-refractivity contribution is -0.130. The molecule has 1 heterocycles. The Labute approximate surface area is 95.2 Å². The first-order valence-corrected chi connectivity index (χ1v) is 5.52. The van der Waals surface area contributed by atoms with Gasteiger partial charge in [-0.05, 0) is 19.4 Å². The van der Waals surface area contributed by atoms with E-state index in [-0.39, 0.29) is 5.91 Å². The van der Waals surface area contributed by atoms with E-state index < -0.39 is 0 Å². The summed E-state index contributed by atoms with van der Waals surface area (Å²) in [6.45, 7) is 1.18. The van der Waals surface area contributed by atoms with Crippen molar-refractivity contribution in [3.8, 4) is 0 Å². The third-order valence-corrected chi connectivity index (χ3v) is 2.37. The third kappa shape index (κ3) is 4.39. The smallest absolute Gasteiger partial charge is 0.222 e. The molecule has 1 amide bonds. The number of amides is 1. The molecule has 0 aromatic carbocycles. The lowest BCUT2D eigenvalue weighted by Crippen LogP contribution is -2.26. The molecule has 1 aromatic heterocycles. The van der Waals surface area contributed by atoms with Crippen LogP contribution >= 0.6 is 0 Å².